The van der Waals surface area contributed by atoms with Crippen LogP contribution in [0.25, 0.3) is 0 Å². The summed E-state index contributed by atoms with van der Waals surface area (Å²) in [4.78, 5) is 8.60. The van der Waals surface area contributed by atoms with Gasteiger partial charge in [0.1, 0.15) is 12.1 Å². The van der Waals surface area contributed by atoms with Crippen LogP contribution in [0.3, 0.4) is 0 Å². The molecule has 0 saturated heterocycles. The standard InChI is InChI=1S/C16H25N3O/c1-11(2)14-15(17-4)18-10-19-16(14)20-9-13-8-6-5-7-12(13)3/h5-6,10-13H,7-9H2,1-4H3,(H,17,18,19). The lowest BCUT2D eigenvalue weighted by atomic mass is 9.85. The second-order valence-corrected chi connectivity index (χ2v) is 5.84. The van der Waals surface area contributed by atoms with Gasteiger partial charge in [-0.1, -0.05) is 32.9 Å². The molecule has 0 aliphatic heterocycles. The minimum atomic E-state index is 0.331. The Hall–Kier alpha value is -1.58. The monoisotopic (exact) mass is 275 g/mol. The fourth-order valence-corrected chi connectivity index (χ4v) is 2.64. The van der Waals surface area contributed by atoms with E-state index in [-0.39, 0.29) is 0 Å². The van der Waals surface area contributed by atoms with Crippen LogP contribution >= 0.6 is 0 Å². The molecule has 2 rings (SSSR count). The number of rotatable bonds is 5. The molecule has 1 N–H and O–H groups in total. The molecule has 1 aromatic rings. The lowest BCUT2D eigenvalue weighted by Crippen LogP contribution is -2.22. The highest BCUT2D eigenvalue weighted by Crippen LogP contribution is 2.31. The summed E-state index contributed by atoms with van der Waals surface area (Å²) in [7, 11) is 1.88. The number of nitrogens with one attached hydrogen (secondary N) is 1. The van der Waals surface area contributed by atoms with Crippen molar-refractivity contribution in [2.75, 3.05) is 19.0 Å². The molecule has 4 nitrogen and oxygen atoms in total. The van der Waals surface area contributed by atoms with Crippen LogP contribution in [0.4, 0.5) is 5.82 Å². The van der Waals surface area contributed by atoms with E-state index in [1.165, 1.54) is 0 Å². The summed E-state index contributed by atoms with van der Waals surface area (Å²) >= 11 is 0. The third kappa shape index (κ3) is 3.30. The molecule has 1 aromatic heterocycles. The van der Waals surface area contributed by atoms with Crippen LogP contribution < -0.4 is 10.1 Å². The highest BCUT2D eigenvalue weighted by atomic mass is 16.5. The van der Waals surface area contributed by atoms with Gasteiger partial charge in [0, 0.05) is 7.05 Å². The van der Waals surface area contributed by atoms with E-state index < -0.39 is 0 Å². The molecule has 0 saturated carbocycles. The van der Waals surface area contributed by atoms with Gasteiger partial charge in [-0.2, -0.15) is 0 Å². The van der Waals surface area contributed by atoms with E-state index in [1.807, 2.05) is 7.05 Å². The molecule has 4 heteroatoms. The van der Waals surface area contributed by atoms with Gasteiger partial charge in [0.2, 0.25) is 5.88 Å². The molecular formula is C16H25N3O. The van der Waals surface area contributed by atoms with E-state index in [0.717, 1.165) is 36.7 Å². The topological polar surface area (TPSA) is 47.0 Å². The molecule has 2 unspecified atom stereocenters. The Kier molecular flexibility index (Phi) is 4.99. The molecule has 0 spiro atoms. The van der Waals surface area contributed by atoms with Gasteiger partial charge in [0.05, 0.1) is 12.2 Å². The van der Waals surface area contributed by atoms with Gasteiger partial charge in [-0.05, 0) is 30.6 Å². The van der Waals surface area contributed by atoms with E-state index in [9.17, 15) is 0 Å². The maximum atomic E-state index is 6.03. The quantitative estimate of drug-likeness (QED) is 0.834. The van der Waals surface area contributed by atoms with Crippen LogP contribution in [0.1, 0.15) is 45.1 Å². The maximum absolute atomic E-state index is 6.03. The lowest BCUT2D eigenvalue weighted by molar-refractivity contribution is 0.190. The normalized spacial score (nSPS) is 22.1. The predicted octanol–water partition coefficient (Wildman–Crippen LogP) is 3.62. The maximum Gasteiger partial charge on any atom is 0.222 e. The summed E-state index contributed by atoms with van der Waals surface area (Å²) in [5, 5.41) is 3.12. The number of anilines is 1. The van der Waals surface area contributed by atoms with Crippen molar-refractivity contribution < 1.29 is 4.74 Å². The number of ether oxygens (including phenoxy) is 1. The van der Waals surface area contributed by atoms with Crippen molar-refractivity contribution in [3.8, 4) is 5.88 Å². The zero-order valence-corrected chi connectivity index (χ0v) is 12.9. The van der Waals surface area contributed by atoms with Gasteiger partial charge in [0.25, 0.3) is 0 Å². The van der Waals surface area contributed by atoms with Gasteiger partial charge < -0.3 is 10.1 Å². The van der Waals surface area contributed by atoms with Crippen molar-refractivity contribution in [1.29, 1.82) is 0 Å². The van der Waals surface area contributed by atoms with Crippen LogP contribution in [0, 0.1) is 11.8 Å². The van der Waals surface area contributed by atoms with Crippen molar-refractivity contribution in [2.45, 2.75) is 39.5 Å². The fourth-order valence-electron chi connectivity index (χ4n) is 2.64. The van der Waals surface area contributed by atoms with Crippen LogP contribution in [-0.2, 0) is 0 Å². The van der Waals surface area contributed by atoms with Gasteiger partial charge in [0.15, 0.2) is 0 Å². The van der Waals surface area contributed by atoms with Gasteiger partial charge in [-0.15, -0.1) is 0 Å². The molecule has 0 radical (unpaired) electrons. The summed E-state index contributed by atoms with van der Waals surface area (Å²) in [5.41, 5.74) is 1.06. The molecule has 2 atom stereocenters. The fraction of sp³-hybridized carbons (Fsp3) is 0.625. The Balaban J connectivity index is 2.11. The average molecular weight is 275 g/mol. The third-order valence-corrected chi connectivity index (χ3v) is 4.01. The van der Waals surface area contributed by atoms with Crippen molar-refractivity contribution in [1.82, 2.24) is 9.97 Å². The largest absolute Gasteiger partial charge is 0.477 e. The number of hydrogen-bond acceptors (Lipinski definition) is 4. The first kappa shape index (κ1) is 14.8. The van der Waals surface area contributed by atoms with Crippen molar-refractivity contribution in [3.63, 3.8) is 0 Å². The highest BCUT2D eigenvalue weighted by molar-refractivity contribution is 5.50. The number of aromatic nitrogens is 2. The predicted molar refractivity (Wildman–Crippen MR) is 82.2 cm³/mol. The van der Waals surface area contributed by atoms with Crippen molar-refractivity contribution in [2.24, 2.45) is 11.8 Å². The SMILES string of the molecule is CNc1ncnc(OCC2CC=CCC2C)c1C(C)C. The van der Waals surface area contributed by atoms with E-state index >= 15 is 0 Å². The average Bonchev–Trinajstić information content (AvgIpc) is 2.45. The summed E-state index contributed by atoms with van der Waals surface area (Å²) in [5.74, 6) is 3.17. The number of nitrogens with zero attached hydrogens (tertiary/aromatic N) is 2. The van der Waals surface area contributed by atoms with Gasteiger partial charge in [-0.25, -0.2) is 9.97 Å². The van der Waals surface area contributed by atoms with Crippen molar-refractivity contribution >= 4 is 5.82 Å². The zero-order valence-electron chi connectivity index (χ0n) is 12.9. The zero-order chi connectivity index (χ0) is 14.5. The summed E-state index contributed by atoms with van der Waals surface area (Å²) < 4.78 is 6.03. The van der Waals surface area contributed by atoms with Crippen LogP contribution in [0.2, 0.25) is 0 Å². The van der Waals surface area contributed by atoms with Crippen molar-refractivity contribution in [3.05, 3.63) is 24.0 Å². The smallest absolute Gasteiger partial charge is 0.222 e. The molecule has 20 heavy (non-hydrogen) atoms. The van der Waals surface area contributed by atoms with Crippen LogP contribution in [-0.4, -0.2) is 23.6 Å². The molecule has 1 aliphatic rings. The summed E-state index contributed by atoms with van der Waals surface area (Å²) in [6.45, 7) is 7.29. The van der Waals surface area contributed by atoms with Crippen LogP contribution in [0.5, 0.6) is 5.88 Å². The minimum Gasteiger partial charge on any atom is -0.477 e. The first-order chi connectivity index (χ1) is 9.63. The number of allylic oxidation sites excluding steroid dienone is 2. The molecule has 0 amide bonds. The Morgan fingerprint density at radius 2 is 2.05 bits per heavy atom. The Labute approximate surface area is 121 Å². The molecule has 1 heterocycles. The van der Waals surface area contributed by atoms with E-state index in [4.69, 9.17) is 4.74 Å². The molecule has 110 valence electrons. The first-order valence-electron chi connectivity index (χ1n) is 7.44. The molecule has 1 aliphatic carbocycles. The molecular weight excluding hydrogens is 250 g/mol. The molecule has 0 fully saturated rings. The van der Waals surface area contributed by atoms with Gasteiger partial charge in [-0.3, -0.25) is 0 Å². The Morgan fingerprint density at radius 3 is 2.70 bits per heavy atom. The summed E-state index contributed by atoms with van der Waals surface area (Å²) in [6.07, 6.45) is 8.34. The molecule has 0 bridgehead atoms. The third-order valence-electron chi connectivity index (χ3n) is 4.01. The Bertz CT molecular complexity index is 471. The second kappa shape index (κ2) is 6.73. The van der Waals surface area contributed by atoms with E-state index in [1.54, 1.807) is 6.33 Å². The minimum absolute atomic E-state index is 0.331. The van der Waals surface area contributed by atoms with E-state index in [2.05, 4.69) is 48.2 Å². The number of hydrogen-bond donors (Lipinski definition) is 1. The lowest BCUT2D eigenvalue weighted by Gasteiger charge is -2.25. The van der Waals surface area contributed by atoms with E-state index in [0.29, 0.717) is 17.8 Å². The van der Waals surface area contributed by atoms with Crippen LogP contribution in [0.15, 0.2) is 18.5 Å². The van der Waals surface area contributed by atoms with Gasteiger partial charge >= 0.3 is 0 Å². The molecule has 0 aromatic carbocycles. The highest BCUT2D eigenvalue weighted by Gasteiger charge is 2.21. The second-order valence-electron chi connectivity index (χ2n) is 5.84. The Morgan fingerprint density at radius 1 is 1.30 bits per heavy atom. The summed E-state index contributed by atoms with van der Waals surface area (Å²) in [6, 6.07) is 0. The first-order valence-corrected chi connectivity index (χ1v) is 7.44.